The predicted octanol–water partition coefficient (Wildman–Crippen LogP) is 1.06. The Kier molecular flexibility index (Phi) is 2.86. The summed E-state index contributed by atoms with van der Waals surface area (Å²) in [6, 6.07) is 0. The molecule has 2 aliphatic heterocycles. The molecule has 1 N–H and O–H groups in total. The Morgan fingerprint density at radius 1 is 1.41 bits per heavy atom. The van der Waals surface area contributed by atoms with Crippen LogP contribution in [0.3, 0.4) is 0 Å². The number of rotatable bonds is 4. The van der Waals surface area contributed by atoms with Crippen molar-refractivity contribution in [3.63, 3.8) is 0 Å². The van der Waals surface area contributed by atoms with Gasteiger partial charge in [-0.05, 0) is 20.3 Å². The second kappa shape index (κ2) is 3.95. The van der Waals surface area contributed by atoms with Crippen molar-refractivity contribution in [1.29, 1.82) is 0 Å². The van der Waals surface area contributed by atoms with Gasteiger partial charge in [0.05, 0.1) is 23.0 Å². The fourth-order valence-electron chi connectivity index (χ4n) is 2.90. The summed E-state index contributed by atoms with van der Waals surface area (Å²) in [6.07, 6.45) is 5.54. The quantitative estimate of drug-likeness (QED) is 0.587. The van der Waals surface area contributed by atoms with Gasteiger partial charge >= 0.3 is 0 Å². The van der Waals surface area contributed by atoms with Crippen molar-refractivity contribution in [2.45, 2.75) is 38.4 Å². The van der Waals surface area contributed by atoms with Gasteiger partial charge in [0.25, 0.3) is 0 Å². The van der Waals surface area contributed by atoms with Crippen molar-refractivity contribution in [3.05, 3.63) is 12.2 Å². The highest BCUT2D eigenvalue weighted by molar-refractivity contribution is 5.85. The molecule has 1 amide bonds. The minimum Gasteiger partial charge on any atom is -0.359 e. The molecular formula is C13H19NO3. The Hall–Kier alpha value is -1.16. The third kappa shape index (κ3) is 1.71. The van der Waals surface area contributed by atoms with E-state index in [-0.39, 0.29) is 5.91 Å². The van der Waals surface area contributed by atoms with E-state index in [0.717, 1.165) is 12.7 Å². The number of carbonyl (C=O) groups is 2. The van der Waals surface area contributed by atoms with Crippen molar-refractivity contribution in [2.24, 2.45) is 11.8 Å². The fraction of sp³-hybridized carbons (Fsp3) is 0.692. The van der Waals surface area contributed by atoms with Gasteiger partial charge in [-0.3, -0.25) is 4.79 Å². The summed E-state index contributed by atoms with van der Waals surface area (Å²) in [4.78, 5) is 23.4. The normalized spacial score (nSPS) is 42.8. The average Bonchev–Trinajstić information content (AvgIpc) is 2.71. The largest absolute Gasteiger partial charge is 0.359 e. The molecule has 0 aromatic rings. The van der Waals surface area contributed by atoms with E-state index in [1.807, 2.05) is 32.9 Å². The predicted molar refractivity (Wildman–Crippen MR) is 63.4 cm³/mol. The van der Waals surface area contributed by atoms with Crippen molar-refractivity contribution >= 4 is 12.2 Å². The molecule has 0 aromatic carbocycles. The van der Waals surface area contributed by atoms with Crippen LogP contribution < -0.4 is 5.32 Å². The maximum Gasteiger partial charge on any atom is 0.227 e. The van der Waals surface area contributed by atoms with E-state index in [0.29, 0.717) is 6.54 Å². The van der Waals surface area contributed by atoms with Gasteiger partial charge in [0, 0.05) is 6.54 Å². The maximum absolute atomic E-state index is 12.1. The minimum atomic E-state index is -0.641. The number of aldehydes is 1. The van der Waals surface area contributed by atoms with Gasteiger partial charge in [0.2, 0.25) is 5.91 Å². The van der Waals surface area contributed by atoms with Gasteiger partial charge in [-0.2, -0.15) is 0 Å². The number of nitrogens with one attached hydrogen (secondary N) is 1. The zero-order valence-corrected chi connectivity index (χ0v) is 10.5. The van der Waals surface area contributed by atoms with Crippen molar-refractivity contribution < 1.29 is 14.3 Å². The van der Waals surface area contributed by atoms with Gasteiger partial charge in [-0.15, -0.1) is 0 Å². The van der Waals surface area contributed by atoms with E-state index < -0.39 is 23.0 Å². The Balaban J connectivity index is 2.24. The molecule has 2 unspecified atom stereocenters. The second-order valence-corrected chi connectivity index (χ2v) is 5.23. The molecule has 17 heavy (non-hydrogen) atoms. The van der Waals surface area contributed by atoms with Gasteiger partial charge in [-0.1, -0.05) is 19.1 Å². The number of hydrogen-bond acceptors (Lipinski definition) is 3. The third-order valence-corrected chi connectivity index (χ3v) is 3.80. The lowest BCUT2D eigenvalue weighted by atomic mass is 9.72. The van der Waals surface area contributed by atoms with Crippen LogP contribution in [0, 0.1) is 11.8 Å². The van der Waals surface area contributed by atoms with Crippen LogP contribution >= 0.6 is 0 Å². The highest BCUT2D eigenvalue weighted by Gasteiger charge is 2.62. The van der Waals surface area contributed by atoms with E-state index in [4.69, 9.17) is 4.74 Å². The molecule has 4 nitrogen and oxygen atoms in total. The van der Waals surface area contributed by atoms with E-state index >= 15 is 0 Å². The van der Waals surface area contributed by atoms with Gasteiger partial charge in [0.15, 0.2) is 0 Å². The number of amides is 1. The molecule has 2 aliphatic rings. The van der Waals surface area contributed by atoms with Gasteiger partial charge in [0.1, 0.15) is 6.29 Å². The Labute approximate surface area is 101 Å². The first kappa shape index (κ1) is 12.3. The average molecular weight is 237 g/mol. The van der Waals surface area contributed by atoms with Gasteiger partial charge < -0.3 is 14.8 Å². The zero-order chi connectivity index (χ0) is 12.7. The Morgan fingerprint density at radius 3 is 2.65 bits per heavy atom. The van der Waals surface area contributed by atoms with E-state index in [9.17, 15) is 9.59 Å². The van der Waals surface area contributed by atoms with Crippen molar-refractivity contribution in [2.75, 3.05) is 6.54 Å². The maximum atomic E-state index is 12.1. The first-order chi connectivity index (χ1) is 7.97. The molecule has 4 heteroatoms. The van der Waals surface area contributed by atoms with E-state index in [1.54, 1.807) is 0 Å². The second-order valence-electron chi connectivity index (χ2n) is 5.23. The molecule has 2 bridgehead atoms. The Morgan fingerprint density at radius 2 is 2.06 bits per heavy atom. The molecule has 2 rings (SSSR count). The topological polar surface area (TPSA) is 55.4 Å². The lowest BCUT2D eigenvalue weighted by Gasteiger charge is -2.28. The molecule has 1 saturated heterocycles. The molecule has 0 aromatic heterocycles. The fourth-order valence-corrected chi connectivity index (χ4v) is 2.90. The summed E-state index contributed by atoms with van der Waals surface area (Å²) in [5.41, 5.74) is -1.26. The molecule has 0 spiro atoms. The number of ether oxygens (including phenoxy) is 1. The monoisotopic (exact) mass is 237 g/mol. The minimum absolute atomic E-state index is 0.0838. The number of carbonyl (C=O) groups excluding carboxylic acids is 2. The molecule has 0 saturated carbocycles. The van der Waals surface area contributed by atoms with Crippen LogP contribution in [0.4, 0.5) is 0 Å². The SMILES string of the molecule is CCCNC(=O)[C@@H]1[C@H](C=O)C2(C)C=CC1(C)O2. The van der Waals surface area contributed by atoms with Crippen LogP contribution in [-0.4, -0.2) is 29.9 Å². The first-order valence-electron chi connectivity index (χ1n) is 6.10. The zero-order valence-electron chi connectivity index (χ0n) is 10.5. The van der Waals surface area contributed by atoms with Crippen molar-refractivity contribution in [3.8, 4) is 0 Å². The summed E-state index contributed by atoms with van der Waals surface area (Å²) >= 11 is 0. The van der Waals surface area contributed by atoms with Crippen LogP contribution in [0.1, 0.15) is 27.2 Å². The lowest BCUT2D eigenvalue weighted by Crippen LogP contribution is -2.46. The van der Waals surface area contributed by atoms with E-state index in [2.05, 4.69) is 5.32 Å². The summed E-state index contributed by atoms with van der Waals surface area (Å²) in [6.45, 7) is 6.37. The highest BCUT2D eigenvalue weighted by Crippen LogP contribution is 2.52. The van der Waals surface area contributed by atoms with Crippen LogP contribution in [0.2, 0.25) is 0 Å². The summed E-state index contributed by atoms with van der Waals surface area (Å²) < 4.78 is 5.86. The molecule has 94 valence electrons. The molecular weight excluding hydrogens is 218 g/mol. The van der Waals surface area contributed by atoms with E-state index in [1.165, 1.54) is 0 Å². The lowest BCUT2D eigenvalue weighted by molar-refractivity contribution is -0.131. The van der Waals surface area contributed by atoms with Crippen LogP contribution in [0.25, 0.3) is 0 Å². The molecule has 0 radical (unpaired) electrons. The summed E-state index contributed by atoms with van der Waals surface area (Å²) in [7, 11) is 0. The Bertz CT molecular complexity index is 379. The highest BCUT2D eigenvalue weighted by atomic mass is 16.5. The first-order valence-corrected chi connectivity index (χ1v) is 6.10. The number of fused-ring (bicyclic) bond motifs is 2. The molecule has 0 aliphatic carbocycles. The third-order valence-electron chi connectivity index (χ3n) is 3.80. The summed E-state index contributed by atoms with van der Waals surface area (Å²) in [5, 5.41) is 2.85. The van der Waals surface area contributed by atoms with Crippen LogP contribution in [0.5, 0.6) is 0 Å². The molecule has 4 atom stereocenters. The smallest absolute Gasteiger partial charge is 0.227 e. The van der Waals surface area contributed by atoms with Gasteiger partial charge in [-0.25, -0.2) is 0 Å². The number of hydrogen-bond donors (Lipinski definition) is 1. The van der Waals surface area contributed by atoms with Crippen molar-refractivity contribution in [1.82, 2.24) is 5.32 Å². The summed E-state index contributed by atoms with van der Waals surface area (Å²) in [5.74, 6) is -0.893. The molecule has 2 heterocycles. The molecule has 1 fully saturated rings. The standard InChI is InChI=1S/C13H19NO3/c1-4-7-14-11(16)10-9(8-15)12(2)5-6-13(10,3)17-12/h5-6,8-10H,4,7H2,1-3H3,(H,14,16)/t9-,10-,12?,13?/m0/s1. The van der Waals surface area contributed by atoms with Crippen LogP contribution in [0.15, 0.2) is 12.2 Å². The van der Waals surface area contributed by atoms with Crippen LogP contribution in [-0.2, 0) is 14.3 Å².